The molecule has 5 heteroatoms. The minimum absolute atomic E-state index is 0.00324. The van der Waals surface area contributed by atoms with E-state index in [2.05, 4.69) is 22.3 Å². The fourth-order valence-corrected chi connectivity index (χ4v) is 3.83. The number of nitrogens with one attached hydrogen (secondary N) is 1. The molecule has 0 saturated carbocycles. The zero-order valence-corrected chi connectivity index (χ0v) is 14.0. The van der Waals surface area contributed by atoms with E-state index in [1.165, 1.54) is 0 Å². The van der Waals surface area contributed by atoms with Gasteiger partial charge in [0, 0.05) is 25.2 Å². The average molecular weight is 328 g/mol. The van der Waals surface area contributed by atoms with Crippen molar-refractivity contribution in [1.29, 1.82) is 0 Å². The maximum Gasteiger partial charge on any atom is 0.119 e. The number of anilines is 1. The molecule has 1 spiro atoms. The largest absolute Gasteiger partial charge is 0.497 e. The molecule has 2 fully saturated rings. The SMILES string of the molecule is COc1ccc(N[C@@H]2CO[C@]3(CCN(Cc4ccco4)C3)C2)cc1. The zero-order chi connectivity index (χ0) is 16.4. The highest BCUT2D eigenvalue weighted by Crippen LogP contribution is 2.36. The van der Waals surface area contributed by atoms with Crippen LogP contribution in [0.15, 0.2) is 47.1 Å². The molecule has 1 aromatic carbocycles. The van der Waals surface area contributed by atoms with Gasteiger partial charge in [0.05, 0.1) is 38.2 Å². The first kappa shape index (κ1) is 15.5. The van der Waals surface area contributed by atoms with E-state index in [0.717, 1.165) is 56.3 Å². The lowest BCUT2D eigenvalue weighted by atomic mass is 9.97. The summed E-state index contributed by atoms with van der Waals surface area (Å²) in [5.74, 6) is 1.90. The van der Waals surface area contributed by atoms with Crippen molar-refractivity contribution in [2.75, 3.05) is 32.1 Å². The molecular formula is C19H24N2O3. The van der Waals surface area contributed by atoms with Crippen LogP contribution in [0, 0.1) is 0 Å². The van der Waals surface area contributed by atoms with Crippen LogP contribution in [0.5, 0.6) is 5.75 Å². The first-order valence-corrected chi connectivity index (χ1v) is 8.54. The Morgan fingerprint density at radius 1 is 1.29 bits per heavy atom. The average Bonchev–Trinajstić information content (AvgIpc) is 3.33. The Bertz CT molecular complexity index is 656. The molecule has 2 atom stereocenters. The number of hydrogen-bond donors (Lipinski definition) is 1. The Hall–Kier alpha value is -1.98. The fourth-order valence-electron chi connectivity index (χ4n) is 3.83. The van der Waals surface area contributed by atoms with Crippen LogP contribution in [0.3, 0.4) is 0 Å². The number of nitrogens with zero attached hydrogens (tertiary/aromatic N) is 1. The predicted molar refractivity (Wildman–Crippen MR) is 92.3 cm³/mol. The summed E-state index contributed by atoms with van der Waals surface area (Å²) in [7, 11) is 1.69. The Kier molecular flexibility index (Phi) is 4.21. The number of methoxy groups -OCH3 is 1. The van der Waals surface area contributed by atoms with Crippen LogP contribution in [0.1, 0.15) is 18.6 Å². The molecule has 0 amide bonds. The molecule has 4 rings (SSSR count). The van der Waals surface area contributed by atoms with Crippen LogP contribution in [-0.4, -0.2) is 43.3 Å². The number of hydrogen-bond acceptors (Lipinski definition) is 5. The van der Waals surface area contributed by atoms with E-state index < -0.39 is 0 Å². The van der Waals surface area contributed by atoms with Gasteiger partial charge >= 0.3 is 0 Å². The molecule has 1 N–H and O–H groups in total. The molecule has 3 heterocycles. The molecule has 0 unspecified atom stereocenters. The van der Waals surface area contributed by atoms with Gasteiger partial charge in [-0.2, -0.15) is 0 Å². The van der Waals surface area contributed by atoms with Crippen LogP contribution >= 0.6 is 0 Å². The summed E-state index contributed by atoms with van der Waals surface area (Å²) in [5.41, 5.74) is 1.11. The highest BCUT2D eigenvalue weighted by Gasteiger charge is 2.45. The maximum atomic E-state index is 6.22. The molecule has 0 aliphatic carbocycles. The van der Waals surface area contributed by atoms with Gasteiger partial charge in [0.15, 0.2) is 0 Å². The summed E-state index contributed by atoms with van der Waals surface area (Å²) < 4.78 is 16.9. The van der Waals surface area contributed by atoms with Gasteiger partial charge in [0.1, 0.15) is 11.5 Å². The lowest BCUT2D eigenvalue weighted by molar-refractivity contribution is 0.0115. The number of furan rings is 1. The Labute approximate surface area is 142 Å². The highest BCUT2D eigenvalue weighted by molar-refractivity contribution is 5.47. The van der Waals surface area contributed by atoms with Crippen LogP contribution < -0.4 is 10.1 Å². The number of rotatable bonds is 5. The summed E-state index contributed by atoms with van der Waals surface area (Å²) in [6.07, 6.45) is 3.88. The van der Waals surface area contributed by atoms with E-state index in [4.69, 9.17) is 13.9 Å². The second-order valence-corrected chi connectivity index (χ2v) is 6.81. The molecule has 5 nitrogen and oxygen atoms in total. The van der Waals surface area contributed by atoms with E-state index in [1.54, 1.807) is 13.4 Å². The Morgan fingerprint density at radius 3 is 2.92 bits per heavy atom. The lowest BCUT2D eigenvalue weighted by Gasteiger charge is -2.23. The van der Waals surface area contributed by atoms with Crippen molar-refractivity contribution >= 4 is 5.69 Å². The normalized spacial score (nSPS) is 27.0. The van der Waals surface area contributed by atoms with Crippen molar-refractivity contribution < 1.29 is 13.9 Å². The number of ether oxygens (including phenoxy) is 2. The van der Waals surface area contributed by atoms with Crippen molar-refractivity contribution in [1.82, 2.24) is 4.90 Å². The van der Waals surface area contributed by atoms with Gasteiger partial charge in [0.25, 0.3) is 0 Å². The smallest absolute Gasteiger partial charge is 0.119 e. The van der Waals surface area contributed by atoms with Crippen LogP contribution in [0.2, 0.25) is 0 Å². The molecule has 24 heavy (non-hydrogen) atoms. The molecule has 2 aliphatic heterocycles. The zero-order valence-electron chi connectivity index (χ0n) is 14.0. The van der Waals surface area contributed by atoms with E-state index in [9.17, 15) is 0 Å². The third kappa shape index (κ3) is 3.28. The van der Waals surface area contributed by atoms with Gasteiger partial charge in [-0.1, -0.05) is 0 Å². The van der Waals surface area contributed by atoms with Crippen molar-refractivity contribution in [3.8, 4) is 5.75 Å². The minimum atomic E-state index is -0.00324. The van der Waals surface area contributed by atoms with Crippen LogP contribution in [0.4, 0.5) is 5.69 Å². The second kappa shape index (κ2) is 6.49. The summed E-state index contributed by atoms with van der Waals surface area (Å²) in [6.45, 7) is 3.68. The van der Waals surface area contributed by atoms with Crippen molar-refractivity contribution in [2.45, 2.75) is 31.0 Å². The molecule has 0 bridgehead atoms. The molecule has 2 saturated heterocycles. The molecule has 2 aromatic rings. The third-order valence-electron chi connectivity index (χ3n) is 5.02. The van der Waals surface area contributed by atoms with E-state index in [-0.39, 0.29) is 5.60 Å². The minimum Gasteiger partial charge on any atom is -0.497 e. The van der Waals surface area contributed by atoms with Crippen molar-refractivity contribution in [2.24, 2.45) is 0 Å². The summed E-state index contributed by atoms with van der Waals surface area (Å²) in [6, 6.07) is 12.4. The van der Waals surface area contributed by atoms with Gasteiger partial charge in [-0.05, 0) is 42.8 Å². The van der Waals surface area contributed by atoms with Crippen LogP contribution in [0.25, 0.3) is 0 Å². The first-order valence-electron chi connectivity index (χ1n) is 8.54. The monoisotopic (exact) mass is 328 g/mol. The fraction of sp³-hybridized carbons (Fsp3) is 0.474. The second-order valence-electron chi connectivity index (χ2n) is 6.81. The van der Waals surface area contributed by atoms with E-state index in [1.807, 2.05) is 24.3 Å². The topological polar surface area (TPSA) is 46.9 Å². The molecule has 2 aliphatic rings. The van der Waals surface area contributed by atoms with Gasteiger partial charge in [0.2, 0.25) is 0 Å². The van der Waals surface area contributed by atoms with Gasteiger partial charge in [-0.3, -0.25) is 4.90 Å². The summed E-state index contributed by atoms with van der Waals surface area (Å²) in [4.78, 5) is 2.43. The first-order chi connectivity index (χ1) is 11.7. The molecule has 0 radical (unpaired) electrons. The number of likely N-dealkylation sites (tertiary alicyclic amines) is 1. The summed E-state index contributed by atoms with van der Waals surface area (Å²) in [5, 5.41) is 3.59. The highest BCUT2D eigenvalue weighted by atomic mass is 16.5. The van der Waals surface area contributed by atoms with Gasteiger partial charge in [-0.15, -0.1) is 0 Å². The number of benzene rings is 1. The van der Waals surface area contributed by atoms with E-state index in [0.29, 0.717) is 6.04 Å². The molecule has 1 aromatic heterocycles. The molecule has 128 valence electrons. The quantitative estimate of drug-likeness (QED) is 0.914. The Morgan fingerprint density at radius 2 is 2.17 bits per heavy atom. The van der Waals surface area contributed by atoms with Gasteiger partial charge < -0.3 is 19.2 Å². The molecular weight excluding hydrogens is 304 g/mol. The summed E-state index contributed by atoms with van der Waals surface area (Å²) >= 11 is 0. The van der Waals surface area contributed by atoms with Gasteiger partial charge in [-0.25, -0.2) is 0 Å². The van der Waals surface area contributed by atoms with E-state index >= 15 is 0 Å². The third-order valence-corrected chi connectivity index (χ3v) is 5.02. The van der Waals surface area contributed by atoms with Crippen LogP contribution in [-0.2, 0) is 11.3 Å². The van der Waals surface area contributed by atoms with Crippen molar-refractivity contribution in [3.05, 3.63) is 48.4 Å². The maximum absolute atomic E-state index is 6.22. The van der Waals surface area contributed by atoms with Crippen molar-refractivity contribution in [3.63, 3.8) is 0 Å². The lowest BCUT2D eigenvalue weighted by Crippen LogP contribution is -2.33. The predicted octanol–water partition coefficient (Wildman–Crippen LogP) is 3.13. The standard InChI is InChI=1S/C19H24N2O3/c1-22-17-6-4-15(5-7-17)20-16-11-19(24-13-16)8-9-21(14-19)12-18-3-2-10-23-18/h2-7,10,16,20H,8-9,11-14H2,1H3/t16-,19+/m0/s1. The Balaban J connectivity index is 1.32.